The second-order valence-corrected chi connectivity index (χ2v) is 4.39. The predicted molar refractivity (Wildman–Crippen MR) is 51.2 cm³/mol. The lowest BCUT2D eigenvalue weighted by Gasteiger charge is -2.04. The summed E-state index contributed by atoms with van der Waals surface area (Å²) in [5.41, 5.74) is 0.518. The van der Waals surface area contributed by atoms with Crippen molar-refractivity contribution in [2.45, 2.75) is 32.9 Å². The lowest BCUT2D eigenvalue weighted by atomic mass is 10.2. The van der Waals surface area contributed by atoms with Crippen molar-refractivity contribution in [3.63, 3.8) is 0 Å². The average molecular weight is 237 g/mol. The maximum Gasteiger partial charge on any atom is 0.389 e. The Balaban J connectivity index is 2.66. The molecule has 0 N–H and O–H groups in total. The van der Waals surface area contributed by atoms with Gasteiger partial charge in [0.25, 0.3) is 0 Å². The van der Waals surface area contributed by atoms with Crippen LogP contribution in [0.15, 0.2) is 0 Å². The Morgan fingerprint density at radius 2 is 2.00 bits per heavy atom. The minimum atomic E-state index is -4.27. The molecule has 1 aromatic rings. The van der Waals surface area contributed by atoms with Gasteiger partial charge in [-0.25, -0.2) is 4.98 Å². The van der Waals surface area contributed by atoms with Gasteiger partial charge in [0.15, 0.2) is 5.78 Å². The lowest BCUT2D eigenvalue weighted by molar-refractivity contribution is -0.133. The second-order valence-electron chi connectivity index (χ2n) is 3.19. The molecule has 1 aromatic heterocycles. The van der Waals surface area contributed by atoms with Gasteiger partial charge in [0.05, 0.1) is 22.0 Å². The molecule has 0 radical (unpaired) electrons. The summed E-state index contributed by atoms with van der Waals surface area (Å²) in [4.78, 5) is 15.7. The third-order valence-corrected chi connectivity index (χ3v) is 2.91. The van der Waals surface area contributed by atoms with E-state index in [-0.39, 0.29) is 0 Å². The Morgan fingerprint density at radius 1 is 1.40 bits per heavy atom. The summed E-state index contributed by atoms with van der Waals surface area (Å²) in [5, 5.41) is 0.697. The summed E-state index contributed by atoms with van der Waals surface area (Å²) < 4.78 is 35.6. The first-order valence-electron chi connectivity index (χ1n) is 4.33. The largest absolute Gasteiger partial charge is 0.389 e. The Kier molecular flexibility index (Phi) is 3.49. The van der Waals surface area contributed by atoms with Gasteiger partial charge in [-0.2, -0.15) is 13.2 Å². The molecule has 0 bridgehead atoms. The molecule has 84 valence electrons. The van der Waals surface area contributed by atoms with Crippen LogP contribution in [0.2, 0.25) is 0 Å². The van der Waals surface area contributed by atoms with E-state index in [1.807, 2.05) is 0 Å². The first-order chi connectivity index (χ1) is 6.79. The molecule has 0 fully saturated rings. The highest BCUT2D eigenvalue weighted by Gasteiger charge is 2.28. The number of aromatic nitrogens is 1. The van der Waals surface area contributed by atoms with Crippen molar-refractivity contribution in [3.05, 3.63) is 15.6 Å². The molecule has 0 aliphatic carbocycles. The molecule has 6 heteroatoms. The van der Waals surface area contributed by atoms with E-state index >= 15 is 0 Å². The molecule has 1 heterocycles. The summed E-state index contributed by atoms with van der Waals surface area (Å²) in [6.07, 6.45) is -5.84. The highest BCUT2D eigenvalue weighted by Crippen LogP contribution is 2.25. The molecule has 0 saturated heterocycles. The minimum absolute atomic E-state index is 0.344. The van der Waals surface area contributed by atoms with E-state index in [9.17, 15) is 18.0 Å². The van der Waals surface area contributed by atoms with Gasteiger partial charge in [-0.3, -0.25) is 4.79 Å². The van der Waals surface area contributed by atoms with Crippen LogP contribution in [0.1, 0.15) is 33.2 Å². The molecule has 0 aromatic carbocycles. The van der Waals surface area contributed by atoms with Crippen LogP contribution in [0.5, 0.6) is 0 Å². The molecular weight excluding hydrogens is 227 g/mol. The molecule has 0 amide bonds. The fourth-order valence-corrected chi connectivity index (χ4v) is 2.05. The van der Waals surface area contributed by atoms with Crippen LogP contribution < -0.4 is 0 Å². The van der Waals surface area contributed by atoms with E-state index in [0.717, 1.165) is 11.3 Å². The third kappa shape index (κ3) is 3.62. The highest BCUT2D eigenvalue weighted by molar-refractivity contribution is 7.13. The second kappa shape index (κ2) is 4.30. The molecule has 0 aliphatic rings. The van der Waals surface area contributed by atoms with E-state index < -0.39 is 24.8 Å². The van der Waals surface area contributed by atoms with Crippen LogP contribution in [0.4, 0.5) is 13.2 Å². The van der Waals surface area contributed by atoms with Gasteiger partial charge in [-0.15, -0.1) is 11.3 Å². The van der Waals surface area contributed by atoms with Crippen molar-refractivity contribution in [1.82, 2.24) is 4.98 Å². The van der Waals surface area contributed by atoms with E-state index in [0.29, 0.717) is 15.6 Å². The number of rotatable bonds is 3. The predicted octanol–water partition coefficient (Wildman–Crippen LogP) is 3.29. The first-order valence-corrected chi connectivity index (χ1v) is 5.15. The summed E-state index contributed by atoms with van der Waals surface area (Å²) in [7, 11) is 0. The van der Waals surface area contributed by atoms with Crippen molar-refractivity contribution in [1.29, 1.82) is 0 Å². The third-order valence-electron chi connectivity index (χ3n) is 1.79. The van der Waals surface area contributed by atoms with Crippen LogP contribution in [-0.2, 0) is 0 Å². The van der Waals surface area contributed by atoms with Gasteiger partial charge < -0.3 is 0 Å². The number of ketones is 1. The van der Waals surface area contributed by atoms with Gasteiger partial charge in [0.2, 0.25) is 0 Å². The molecule has 0 unspecified atom stereocenters. The number of carbonyl (C=O) groups excluding carboxylic acids is 1. The summed E-state index contributed by atoms with van der Waals surface area (Å²) in [5.74, 6) is -0.476. The number of aryl methyl sites for hydroxylation is 2. The normalized spacial score (nSPS) is 11.8. The van der Waals surface area contributed by atoms with Crippen molar-refractivity contribution < 1.29 is 18.0 Å². The first kappa shape index (κ1) is 12.2. The van der Waals surface area contributed by atoms with E-state index in [4.69, 9.17) is 0 Å². The summed E-state index contributed by atoms with van der Waals surface area (Å²) in [6, 6.07) is 0. The van der Waals surface area contributed by atoms with Crippen LogP contribution in [0, 0.1) is 13.8 Å². The molecule has 1 rings (SSSR count). The molecule has 2 nitrogen and oxygen atoms in total. The number of hydrogen-bond acceptors (Lipinski definition) is 3. The van der Waals surface area contributed by atoms with Crippen molar-refractivity contribution >= 4 is 17.1 Å². The zero-order chi connectivity index (χ0) is 11.6. The topological polar surface area (TPSA) is 30.0 Å². The fraction of sp³-hybridized carbons (Fsp3) is 0.556. The van der Waals surface area contributed by atoms with E-state index in [2.05, 4.69) is 4.98 Å². The molecule has 0 spiro atoms. The maximum absolute atomic E-state index is 11.9. The van der Waals surface area contributed by atoms with E-state index in [1.54, 1.807) is 13.8 Å². The van der Waals surface area contributed by atoms with Crippen molar-refractivity contribution in [2.24, 2.45) is 0 Å². The standard InChI is InChI=1S/C9H10F3NOS/c1-5-8(15-6(2)13-5)7(14)3-4-9(10,11)12/h3-4H2,1-2H3. The lowest BCUT2D eigenvalue weighted by Crippen LogP contribution is -2.10. The monoisotopic (exact) mass is 237 g/mol. The quantitative estimate of drug-likeness (QED) is 0.755. The SMILES string of the molecule is Cc1nc(C)c(C(=O)CCC(F)(F)F)s1. The van der Waals surface area contributed by atoms with E-state index in [1.165, 1.54) is 0 Å². The number of nitrogens with zero attached hydrogens (tertiary/aromatic N) is 1. The summed E-state index contributed by atoms with van der Waals surface area (Å²) >= 11 is 1.15. The molecule has 0 atom stereocenters. The number of halogens is 3. The molecule has 0 saturated carbocycles. The van der Waals surface area contributed by atoms with Crippen LogP contribution in [0.3, 0.4) is 0 Å². The van der Waals surface area contributed by atoms with Gasteiger partial charge in [0, 0.05) is 6.42 Å². The van der Waals surface area contributed by atoms with Crippen molar-refractivity contribution in [2.75, 3.05) is 0 Å². The van der Waals surface area contributed by atoms with Crippen LogP contribution in [-0.4, -0.2) is 16.9 Å². The fourth-order valence-electron chi connectivity index (χ4n) is 1.16. The summed E-state index contributed by atoms with van der Waals surface area (Å²) in [6.45, 7) is 3.35. The number of carbonyl (C=O) groups is 1. The average Bonchev–Trinajstić information content (AvgIpc) is 2.40. The highest BCUT2D eigenvalue weighted by atomic mass is 32.1. The number of alkyl halides is 3. The van der Waals surface area contributed by atoms with Crippen LogP contribution in [0.25, 0.3) is 0 Å². The minimum Gasteiger partial charge on any atom is -0.293 e. The molecule has 15 heavy (non-hydrogen) atoms. The van der Waals surface area contributed by atoms with Gasteiger partial charge >= 0.3 is 6.18 Å². The molecular formula is C9H10F3NOS. The Bertz CT molecular complexity index is 370. The maximum atomic E-state index is 11.9. The van der Waals surface area contributed by atoms with Gasteiger partial charge in [0.1, 0.15) is 0 Å². The Labute approximate surface area is 89.1 Å². The van der Waals surface area contributed by atoms with Gasteiger partial charge in [-0.05, 0) is 13.8 Å². The van der Waals surface area contributed by atoms with Crippen LogP contribution >= 0.6 is 11.3 Å². The molecule has 0 aliphatic heterocycles. The number of Topliss-reactive ketones (excluding diaryl/α,β-unsaturated/α-hetero) is 1. The zero-order valence-electron chi connectivity index (χ0n) is 8.31. The van der Waals surface area contributed by atoms with Gasteiger partial charge in [-0.1, -0.05) is 0 Å². The Morgan fingerprint density at radius 3 is 2.40 bits per heavy atom. The van der Waals surface area contributed by atoms with Crippen molar-refractivity contribution in [3.8, 4) is 0 Å². The zero-order valence-corrected chi connectivity index (χ0v) is 9.13. The Hall–Kier alpha value is -0.910. The number of hydrogen-bond donors (Lipinski definition) is 0. The number of thiazole rings is 1. The smallest absolute Gasteiger partial charge is 0.293 e.